The Kier molecular flexibility index (Phi) is 7.01. The van der Waals surface area contributed by atoms with Gasteiger partial charge in [0.1, 0.15) is 11.6 Å². The number of Topliss-reactive ketones (excluding diaryl/α,β-unsaturated/α-hetero) is 1. The first-order valence-electron chi connectivity index (χ1n) is 6.92. The van der Waals surface area contributed by atoms with E-state index in [2.05, 4.69) is 10.6 Å². The molecule has 0 aliphatic rings. The van der Waals surface area contributed by atoms with Gasteiger partial charge in [0, 0.05) is 30.4 Å². The number of amides is 1. The van der Waals surface area contributed by atoms with E-state index in [0.29, 0.717) is 24.2 Å². The van der Waals surface area contributed by atoms with Gasteiger partial charge in [-0.25, -0.2) is 0 Å². The van der Waals surface area contributed by atoms with Gasteiger partial charge >= 0.3 is 5.97 Å². The summed E-state index contributed by atoms with van der Waals surface area (Å²) in [7, 11) is 0. The fourth-order valence-electron chi connectivity index (χ4n) is 1.68. The van der Waals surface area contributed by atoms with Crippen LogP contribution in [0.15, 0.2) is 36.0 Å². The average molecular weight is 315 g/mol. The molecule has 23 heavy (non-hydrogen) atoms. The minimum absolute atomic E-state index is 0.00671. The molecular formula is C16H17N3O4. The lowest BCUT2D eigenvalue weighted by atomic mass is 10.1. The van der Waals surface area contributed by atoms with Crippen LogP contribution >= 0.6 is 0 Å². The number of benzene rings is 1. The molecule has 1 aromatic rings. The summed E-state index contributed by atoms with van der Waals surface area (Å²) in [6.07, 6.45) is 1.63. The number of nitrogens with one attached hydrogen (secondary N) is 2. The van der Waals surface area contributed by atoms with Crippen molar-refractivity contribution in [3.8, 4) is 6.07 Å². The topological polar surface area (TPSA) is 119 Å². The van der Waals surface area contributed by atoms with Crippen LogP contribution < -0.4 is 10.6 Å². The second-order valence-corrected chi connectivity index (χ2v) is 4.71. The maximum Gasteiger partial charge on any atom is 0.303 e. The minimum atomic E-state index is -0.903. The standard InChI is InChI=1S/C16H17N3O4/c1-11(20)12-4-2-5-14(8-12)19-16(23)13(9-17)10-18-7-3-6-15(21)22/h2,4-5,8,10,18H,3,6-7H2,1H3,(H,19,23)(H,21,22)/b13-10-. The van der Waals surface area contributed by atoms with E-state index in [4.69, 9.17) is 10.4 Å². The summed E-state index contributed by atoms with van der Waals surface area (Å²) in [5.74, 6) is -1.64. The number of ketones is 1. The Morgan fingerprint density at radius 1 is 1.35 bits per heavy atom. The van der Waals surface area contributed by atoms with Crippen molar-refractivity contribution >= 4 is 23.3 Å². The number of hydrogen-bond donors (Lipinski definition) is 3. The molecule has 0 unspecified atom stereocenters. The van der Waals surface area contributed by atoms with E-state index in [-0.39, 0.29) is 17.8 Å². The molecule has 0 spiro atoms. The SMILES string of the molecule is CC(=O)c1cccc(NC(=O)/C(C#N)=C\NCCCC(=O)O)c1. The Morgan fingerprint density at radius 2 is 2.09 bits per heavy atom. The predicted octanol–water partition coefficient (Wildman–Crippen LogP) is 1.69. The molecule has 0 aliphatic carbocycles. The van der Waals surface area contributed by atoms with E-state index in [1.54, 1.807) is 24.3 Å². The van der Waals surface area contributed by atoms with Gasteiger partial charge in [-0.2, -0.15) is 5.26 Å². The van der Waals surface area contributed by atoms with Gasteiger partial charge < -0.3 is 15.7 Å². The highest BCUT2D eigenvalue weighted by molar-refractivity contribution is 6.07. The van der Waals surface area contributed by atoms with Crippen LogP contribution in [0.5, 0.6) is 0 Å². The van der Waals surface area contributed by atoms with Crippen molar-refractivity contribution in [1.29, 1.82) is 5.26 Å². The van der Waals surface area contributed by atoms with Crippen molar-refractivity contribution in [2.24, 2.45) is 0 Å². The van der Waals surface area contributed by atoms with Crippen molar-refractivity contribution < 1.29 is 19.5 Å². The van der Waals surface area contributed by atoms with Gasteiger partial charge in [0.25, 0.3) is 5.91 Å². The number of carbonyl (C=O) groups is 3. The highest BCUT2D eigenvalue weighted by Crippen LogP contribution is 2.12. The lowest BCUT2D eigenvalue weighted by Crippen LogP contribution is -2.17. The molecule has 0 aliphatic heterocycles. The third-order valence-electron chi connectivity index (χ3n) is 2.85. The van der Waals surface area contributed by atoms with Gasteiger partial charge in [0.2, 0.25) is 0 Å². The van der Waals surface area contributed by atoms with Crippen molar-refractivity contribution in [1.82, 2.24) is 5.32 Å². The molecule has 3 N–H and O–H groups in total. The molecule has 0 aromatic heterocycles. The van der Waals surface area contributed by atoms with Crippen LogP contribution in [-0.4, -0.2) is 29.3 Å². The van der Waals surface area contributed by atoms with Crippen molar-refractivity contribution in [3.63, 3.8) is 0 Å². The highest BCUT2D eigenvalue weighted by Gasteiger charge is 2.10. The molecule has 0 heterocycles. The lowest BCUT2D eigenvalue weighted by Gasteiger charge is -2.06. The number of hydrogen-bond acceptors (Lipinski definition) is 5. The fourth-order valence-corrected chi connectivity index (χ4v) is 1.68. The number of nitrogens with zero attached hydrogens (tertiary/aromatic N) is 1. The maximum absolute atomic E-state index is 12.0. The van der Waals surface area contributed by atoms with E-state index in [1.165, 1.54) is 19.2 Å². The first-order chi connectivity index (χ1) is 10.9. The van der Waals surface area contributed by atoms with Crippen LogP contribution in [-0.2, 0) is 9.59 Å². The fraction of sp³-hybridized carbons (Fsp3) is 0.250. The van der Waals surface area contributed by atoms with Gasteiger partial charge in [-0.3, -0.25) is 14.4 Å². The van der Waals surface area contributed by atoms with Crippen molar-refractivity contribution in [2.45, 2.75) is 19.8 Å². The van der Waals surface area contributed by atoms with Gasteiger partial charge in [-0.05, 0) is 25.5 Å². The summed E-state index contributed by atoms with van der Waals surface area (Å²) in [5, 5.41) is 22.7. The lowest BCUT2D eigenvalue weighted by molar-refractivity contribution is -0.137. The summed E-state index contributed by atoms with van der Waals surface area (Å²) < 4.78 is 0. The zero-order valence-electron chi connectivity index (χ0n) is 12.6. The number of aliphatic carboxylic acids is 1. The zero-order valence-corrected chi connectivity index (χ0v) is 12.6. The summed E-state index contributed by atoms with van der Waals surface area (Å²) in [6, 6.07) is 8.16. The van der Waals surface area contributed by atoms with Crippen LogP contribution in [0, 0.1) is 11.3 Å². The molecule has 7 nitrogen and oxygen atoms in total. The van der Waals surface area contributed by atoms with Crippen LogP contribution in [0.2, 0.25) is 0 Å². The van der Waals surface area contributed by atoms with Gasteiger partial charge in [-0.1, -0.05) is 12.1 Å². The van der Waals surface area contributed by atoms with Crippen molar-refractivity contribution in [3.05, 3.63) is 41.6 Å². The number of carboxylic acids is 1. The van der Waals surface area contributed by atoms with Crippen LogP contribution in [0.3, 0.4) is 0 Å². The van der Waals surface area contributed by atoms with E-state index < -0.39 is 11.9 Å². The molecule has 1 rings (SSSR count). The molecule has 0 atom stereocenters. The number of rotatable bonds is 8. The smallest absolute Gasteiger partial charge is 0.303 e. The summed E-state index contributed by atoms with van der Waals surface area (Å²) in [4.78, 5) is 33.6. The highest BCUT2D eigenvalue weighted by atomic mass is 16.4. The van der Waals surface area contributed by atoms with Crippen LogP contribution in [0.25, 0.3) is 0 Å². The van der Waals surface area contributed by atoms with E-state index in [1.807, 2.05) is 0 Å². The van der Waals surface area contributed by atoms with Gasteiger partial charge in [-0.15, -0.1) is 0 Å². The number of anilines is 1. The Bertz CT molecular complexity index is 674. The van der Waals surface area contributed by atoms with E-state index >= 15 is 0 Å². The average Bonchev–Trinajstić information content (AvgIpc) is 2.50. The maximum atomic E-state index is 12.0. The molecule has 0 saturated carbocycles. The normalized spacial score (nSPS) is 10.5. The molecule has 1 aromatic carbocycles. The zero-order chi connectivity index (χ0) is 17.2. The largest absolute Gasteiger partial charge is 0.481 e. The second kappa shape index (κ2) is 9.00. The predicted molar refractivity (Wildman–Crippen MR) is 83.6 cm³/mol. The first kappa shape index (κ1) is 17.9. The number of nitriles is 1. The van der Waals surface area contributed by atoms with Gasteiger partial charge in [0.15, 0.2) is 5.78 Å². The Labute approximate surface area is 133 Å². The Balaban J connectivity index is 2.63. The number of carbonyl (C=O) groups excluding carboxylic acids is 2. The molecule has 7 heteroatoms. The minimum Gasteiger partial charge on any atom is -0.481 e. The molecule has 0 radical (unpaired) electrons. The second-order valence-electron chi connectivity index (χ2n) is 4.71. The van der Waals surface area contributed by atoms with Gasteiger partial charge in [0.05, 0.1) is 0 Å². The Morgan fingerprint density at radius 3 is 2.70 bits per heavy atom. The first-order valence-corrected chi connectivity index (χ1v) is 6.92. The van der Waals surface area contributed by atoms with Crippen molar-refractivity contribution in [2.75, 3.05) is 11.9 Å². The molecule has 0 bridgehead atoms. The van der Waals surface area contributed by atoms with Crippen LogP contribution in [0.4, 0.5) is 5.69 Å². The molecular weight excluding hydrogens is 298 g/mol. The quantitative estimate of drug-likeness (QED) is 0.291. The van der Waals surface area contributed by atoms with E-state index in [9.17, 15) is 14.4 Å². The summed E-state index contributed by atoms with van der Waals surface area (Å²) in [6.45, 7) is 1.76. The van der Waals surface area contributed by atoms with Crippen LogP contribution in [0.1, 0.15) is 30.1 Å². The van der Waals surface area contributed by atoms with E-state index in [0.717, 1.165) is 0 Å². The number of carboxylic acid groups (broad SMARTS) is 1. The Hall–Kier alpha value is -3.14. The molecule has 0 fully saturated rings. The third kappa shape index (κ3) is 6.44. The summed E-state index contributed by atoms with van der Waals surface area (Å²) >= 11 is 0. The molecule has 120 valence electrons. The molecule has 0 saturated heterocycles. The third-order valence-corrected chi connectivity index (χ3v) is 2.85. The summed E-state index contributed by atoms with van der Waals surface area (Å²) in [5.41, 5.74) is 0.723. The molecule has 1 amide bonds. The monoisotopic (exact) mass is 315 g/mol.